The molecule has 3 aromatic rings. The Hall–Kier alpha value is -2.53. The molecule has 27 heavy (non-hydrogen) atoms. The average molecular weight is 360 g/mol. The van der Waals surface area contributed by atoms with E-state index in [1.165, 1.54) is 18.4 Å². The summed E-state index contributed by atoms with van der Waals surface area (Å²) in [6.07, 6.45) is 8.26. The molecule has 2 atom stereocenters. The van der Waals surface area contributed by atoms with E-state index in [-0.39, 0.29) is 5.41 Å². The van der Waals surface area contributed by atoms with E-state index in [4.69, 9.17) is 9.51 Å². The van der Waals surface area contributed by atoms with E-state index in [1.807, 2.05) is 12.1 Å². The highest BCUT2D eigenvalue weighted by atomic mass is 16.5. The summed E-state index contributed by atoms with van der Waals surface area (Å²) in [5, 5.41) is 4.36. The van der Waals surface area contributed by atoms with Crippen LogP contribution in [0.5, 0.6) is 0 Å². The van der Waals surface area contributed by atoms with Gasteiger partial charge in [0.15, 0.2) is 5.82 Å². The van der Waals surface area contributed by atoms with Crippen LogP contribution in [0.15, 0.2) is 59.4 Å². The van der Waals surface area contributed by atoms with Crippen LogP contribution in [0.25, 0.3) is 11.5 Å². The van der Waals surface area contributed by atoms with Crippen LogP contribution in [0.2, 0.25) is 0 Å². The quantitative estimate of drug-likeness (QED) is 0.664. The first-order valence-corrected chi connectivity index (χ1v) is 9.75. The molecule has 0 N–H and O–H groups in total. The van der Waals surface area contributed by atoms with Crippen LogP contribution in [-0.2, 0) is 5.41 Å². The highest BCUT2D eigenvalue weighted by molar-refractivity contribution is 5.50. The molecule has 0 bridgehead atoms. The number of hydrogen-bond donors (Lipinski definition) is 0. The first-order valence-electron chi connectivity index (χ1n) is 9.75. The molecule has 2 fully saturated rings. The van der Waals surface area contributed by atoms with E-state index in [1.54, 1.807) is 12.4 Å². The molecule has 2 aliphatic rings. The van der Waals surface area contributed by atoms with Crippen LogP contribution in [0, 0.1) is 0 Å². The number of aromatic nitrogens is 3. The molecule has 138 valence electrons. The molecule has 0 spiro atoms. The molecule has 0 saturated heterocycles. The Balaban J connectivity index is 1.31. The summed E-state index contributed by atoms with van der Waals surface area (Å²) < 4.78 is 5.56. The Morgan fingerprint density at radius 3 is 2.70 bits per heavy atom. The van der Waals surface area contributed by atoms with Crippen LogP contribution < -0.4 is 0 Å². The Morgan fingerprint density at radius 2 is 2.00 bits per heavy atom. The predicted octanol–water partition coefficient (Wildman–Crippen LogP) is 4.04. The summed E-state index contributed by atoms with van der Waals surface area (Å²) >= 11 is 0. The molecular weight excluding hydrogens is 336 g/mol. The number of nitrogens with zero attached hydrogens (tertiary/aromatic N) is 4. The van der Waals surface area contributed by atoms with E-state index in [0.29, 0.717) is 17.9 Å². The van der Waals surface area contributed by atoms with Gasteiger partial charge in [-0.1, -0.05) is 41.9 Å². The van der Waals surface area contributed by atoms with Gasteiger partial charge in [0.05, 0.1) is 5.56 Å². The summed E-state index contributed by atoms with van der Waals surface area (Å²) in [7, 11) is 2.25. The number of hydrogen-bond acceptors (Lipinski definition) is 5. The predicted molar refractivity (Wildman–Crippen MR) is 103 cm³/mol. The van der Waals surface area contributed by atoms with E-state index in [2.05, 4.69) is 52.4 Å². The minimum Gasteiger partial charge on any atom is -0.334 e. The second-order valence-corrected chi connectivity index (χ2v) is 8.03. The second-order valence-electron chi connectivity index (χ2n) is 8.03. The SMILES string of the molecule is CN(CC1(c2noc(-c3cccnc3)n2)CCC1)C1CC1c1ccccc1. The molecule has 0 aliphatic heterocycles. The van der Waals surface area contributed by atoms with E-state index >= 15 is 0 Å². The lowest BCUT2D eigenvalue weighted by atomic mass is 9.67. The van der Waals surface area contributed by atoms with Gasteiger partial charge in [0.25, 0.3) is 5.89 Å². The summed E-state index contributed by atoms with van der Waals surface area (Å²) in [5.74, 6) is 2.08. The van der Waals surface area contributed by atoms with Crippen molar-refractivity contribution in [3.05, 3.63) is 66.2 Å². The van der Waals surface area contributed by atoms with Crippen molar-refractivity contribution < 1.29 is 4.52 Å². The van der Waals surface area contributed by atoms with Gasteiger partial charge in [-0.25, -0.2) is 0 Å². The standard InChI is InChI=1S/C22H24N4O/c1-26(19-13-18(19)16-7-3-2-4-8-16)15-22(10-6-11-22)21-24-20(27-25-21)17-9-5-12-23-14-17/h2-5,7-9,12,14,18-19H,6,10-11,13,15H2,1H3. The molecule has 5 heteroatoms. The summed E-state index contributed by atoms with van der Waals surface area (Å²) in [6.45, 7) is 0.993. The molecule has 2 aliphatic carbocycles. The monoisotopic (exact) mass is 360 g/mol. The molecule has 5 rings (SSSR count). The minimum atomic E-state index is 0.0303. The van der Waals surface area contributed by atoms with Gasteiger partial charge in [-0.15, -0.1) is 0 Å². The summed E-state index contributed by atoms with van der Waals surface area (Å²) in [5.41, 5.74) is 2.36. The fourth-order valence-corrected chi connectivity index (χ4v) is 4.42. The third kappa shape index (κ3) is 3.06. The number of likely N-dealkylation sites (N-methyl/N-ethyl adjacent to an activating group) is 1. The van der Waals surface area contributed by atoms with Gasteiger partial charge in [-0.2, -0.15) is 4.98 Å². The molecular formula is C22H24N4O. The van der Waals surface area contributed by atoms with Crippen molar-refractivity contribution in [2.24, 2.45) is 0 Å². The van der Waals surface area contributed by atoms with Crippen LogP contribution in [0.3, 0.4) is 0 Å². The normalized spacial score (nSPS) is 23.2. The molecule has 5 nitrogen and oxygen atoms in total. The van der Waals surface area contributed by atoms with Gasteiger partial charge in [-0.3, -0.25) is 4.98 Å². The smallest absolute Gasteiger partial charge is 0.259 e. The van der Waals surface area contributed by atoms with E-state index in [9.17, 15) is 0 Å². The average Bonchev–Trinajstić information content (AvgIpc) is 3.35. The van der Waals surface area contributed by atoms with Crippen molar-refractivity contribution in [3.8, 4) is 11.5 Å². The molecule has 2 unspecified atom stereocenters. The minimum absolute atomic E-state index is 0.0303. The Morgan fingerprint density at radius 1 is 1.15 bits per heavy atom. The zero-order valence-corrected chi connectivity index (χ0v) is 15.6. The zero-order chi connectivity index (χ0) is 18.3. The molecule has 1 aromatic carbocycles. The number of rotatable bonds is 6. The van der Waals surface area contributed by atoms with Crippen molar-refractivity contribution in [1.82, 2.24) is 20.0 Å². The Labute approximate surface area is 159 Å². The maximum Gasteiger partial charge on any atom is 0.259 e. The largest absolute Gasteiger partial charge is 0.334 e. The van der Waals surface area contributed by atoms with Gasteiger partial charge >= 0.3 is 0 Å². The maximum atomic E-state index is 5.56. The Kier molecular flexibility index (Phi) is 4.05. The highest BCUT2D eigenvalue weighted by Crippen LogP contribution is 2.48. The van der Waals surface area contributed by atoms with E-state index < -0.39 is 0 Å². The van der Waals surface area contributed by atoms with Crippen molar-refractivity contribution in [2.75, 3.05) is 13.6 Å². The number of pyridine rings is 1. The van der Waals surface area contributed by atoms with E-state index in [0.717, 1.165) is 30.8 Å². The van der Waals surface area contributed by atoms with Gasteiger partial charge in [-0.05, 0) is 44.0 Å². The van der Waals surface area contributed by atoms with Crippen molar-refractivity contribution in [3.63, 3.8) is 0 Å². The molecule has 2 aromatic heterocycles. The lowest BCUT2D eigenvalue weighted by Gasteiger charge is -2.42. The molecule has 2 heterocycles. The third-order valence-corrected chi connectivity index (χ3v) is 6.22. The van der Waals surface area contributed by atoms with Gasteiger partial charge in [0, 0.05) is 36.3 Å². The van der Waals surface area contributed by atoms with Crippen LogP contribution in [-0.4, -0.2) is 39.7 Å². The summed E-state index contributed by atoms with van der Waals surface area (Å²) in [6, 6.07) is 15.3. The third-order valence-electron chi connectivity index (χ3n) is 6.22. The van der Waals surface area contributed by atoms with Crippen molar-refractivity contribution in [2.45, 2.75) is 43.1 Å². The first kappa shape index (κ1) is 16.6. The van der Waals surface area contributed by atoms with Crippen LogP contribution in [0.4, 0.5) is 0 Å². The second kappa shape index (κ2) is 6.57. The first-order chi connectivity index (χ1) is 13.3. The van der Waals surface area contributed by atoms with Gasteiger partial charge < -0.3 is 9.42 Å². The van der Waals surface area contributed by atoms with Crippen LogP contribution in [0.1, 0.15) is 43.0 Å². The van der Waals surface area contributed by atoms with Crippen LogP contribution >= 0.6 is 0 Å². The Bertz CT molecular complexity index is 904. The van der Waals surface area contributed by atoms with Gasteiger partial charge in [0.2, 0.25) is 0 Å². The van der Waals surface area contributed by atoms with Gasteiger partial charge in [0.1, 0.15) is 0 Å². The maximum absolute atomic E-state index is 5.56. The zero-order valence-electron chi connectivity index (χ0n) is 15.6. The van der Waals surface area contributed by atoms with Crippen molar-refractivity contribution in [1.29, 1.82) is 0 Å². The topological polar surface area (TPSA) is 55.1 Å². The lowest BCUT2D eigenvalue weighted by molar-refractivity contribution is 0.141. The lowest BCUT2D eigenvalue weighted by Crippen LogP contribution is -2.46. The summed E-state index contributed by atoms with van der Waals surface area (Å²) in [4.78, 5) is 11.4. The fraction of sp³-hybridized carbons (Fsp3) is 0.409. The fourth-order valence-electron chi connectivity index (χ4n) is 4.42. The highest BCUT2D eigenvalue weighted by Gasteiger charge is 2.48. The van der Waals surface area contributed by atoms with Crippen molar-refractivity contribution >= 4 is 0 Å². The molecule has 2 saturated carbocycles. The number of benzene rings is 1. The molecule has 0 amide bonds. The molecule has 0 radical (unpaired) electrons.